The Morgan fingerprint density at radius 2 is 0.613 bits per heavy atom. The summed E-state index contributed by atoms with van der Waals surface area (Å²) in [5.74, 6) is 1.83. The average molecular weight is 1660 g/mol. The molecule has 0 radical (unpaired) electrons. The Balaban J connectivity index is 1.17. The molecule has 8 bridgehead atoms. The SMILES string of the molecule is Cc1cccc(C)c1Oc1c(Cl)c(Cl)c2c(c1Cl)=C1CC=2N=C2N=C(N=c3[nH]c(c4c(Cl)c(Cl)c(Oc5ccc(C(C)(C)C)cc5C(C)(C)C)c(Cl)c34)=NC3=NC(=N1)c1c(Cl)c(Cl)c(Oc4ccc(C(C)(C)C)cc4C(C)(C)C)c(Cl)c13)c1c(Cl)c(Oc3ccc(C(C)(C)C)cc3C(C)(C)C)c(Cl)c(Cl)c12. The van der Waals surface area contributed by atoms with Crippen LogP contribution in [0.15, 0.2) is 103 Å². The molecule has 8 aromatic carbocycles. The van der Waals surface area contributed by atoms with Crippen LogP contribution in [0.4, 0.5) is 0 Å². The number of aryl methyl sites for hydroxylation is 2. The van der Waals surface area contributed by atoms with E-state index in [0.29, 0.717) is 23.0 Å². The van der Waals surface area contributed by atoms with Crippen LogP contribution in [0, 0.1) is 13.8 Å². The van der Waals surface area contributed by atoms with Crippen molar-refractivity contribution in [3.8, 4) is 46.0 Å². The molecule has 1 aliphatic carbocycles. The number of aromatic nitrogens is 1. The molecule has 3 aliphatic heterocycles. The van der Waals surface area contributed by atoms with E-state index >= 15 is 0 Å². The van der Waals surface area contributed by atoms with Crippen LogP contribution in [-0.2, 0) is 32.5 Å². The third-order valence-electron chi connectivity index (χ3n) is 19.2. The maximum absolute atomic E-state index is 7.89. The summed E-state index contributed by atoms with van der Waals surface area (Å²) in [6.07, 6.45) is -0.120. The van der Waals surface area contributed by atoms with Crippen LogP contribution in [0.1, 0.15) is 198 Å². The molecule has 0 unspecified atom stereocenters. The number of ether oxygens (including phenoxy) is 4. The molecule has 0 spiro atoms. The van der Waals surface area contributed by atoms with Crippen molar-refractivity contribution in [2.24, 2.45) is 30.0 Å². The van der Waals surface area contributed by atoms with Gasteiger partial charge in [-0.05, 0) is 92.4 Å². The highest BCUT2D eigenvalue weighted by atomic mass is 35.5. The minimum Gasteiger partial charge on any atom is -0.454 e. The van der Waals surface area contributed by atoms with Crippen LogP contribution in [0.5, 0.6) is 46.0 Å². The number of rotatable bonds is 8. The van der Waals surface area contributed by atoms with E-state index in [2.05, 4.69) is 148 Å². The number of benzene rings is 8. The topological polar surface area (TPSA) is 127 Å². The molecule has 13 rings (SSSR count). The first-order chi connectivity index (χ1) is 49.2. The molecule has 11 nitrogen and oxygen atoms in total. The summed E-state index contributed by atoms with van der Waals surface area (Å²) in [7, 11) is 0. The van der Waals surface area contributed by atoms with Gasteiger partial charge in [-0.2, -0.15) is 0 Å². The second-order valence-corrected chi connectivity index (χ2v) is 37.7. The maximum Gasteiger partial charge on any atom is 0.166 e. The number of aliphatic imine (C=N–C) groups is 4. The van der Waals surface area contributed by atoms with Crippen LogP contribution in [0.2, 0.25) is 60.3 Å². The summed E-state index contributed by atoms with van der Waals surface area (Å²) >= 11 is 92.2. The van der Waals surface area contributed by atoms with Gasteiger partial charge in [0.2, 0.25) is 0 Å². The minimum atomic E-state index is -0.444. The minimum absolute atomic E-state index is 0.00345. The van der Waals surface area contributed by atoms with E-state index in [1.807, 2.05) is 68.4 Å². The lowest BCUT2D eigenvalue weighted by Crippen LogP contribution is -2.28. The molecule has 550 valence electrons. The van der Waals surface area contributed by atoms with Gasteiger partial charge in [-0.25, -0.2) is 30.0 Å². The Morgan fingerprint density at radius 1 is 0.302 bits per heavy atom. The Hall–Kier alpha value is -6.00. The fourth-order valence-corrected chi connectivity index (χ4v) is 16.8. The van der Waals surface area contributed by atoms with Crippen molar-refractivity contribution in [2.75, 3.05) is 0 Å². The Morgan fingerprint density at radius 3 is 0.981 bits per heavy atom. The van der Waals surface area contributed by atoms with Crippen molar-refractivity contribution in [2.45, 2.75) is 177 Å². The number of H-pyrrole nitrogens is 1. The summed E-state index contributed by atoms with van der Waals surface area (Å²) in [6, 6.07) is 23.9. The molecule has 0 fully saturated rings. The van der Waals surface area contributed by atoms with Crippen molar-refractivity contribution in [3.63, 3.8) is 0 Å². The van der Waals surface area contributed by atoms with Crippen LogP contribution >= 0.6 is 139 Å². The molecule has 0 saturated heterocycles. The molecular weight excluding hydrogens is 1580 g/mol. The van der Waals surface area contributed by atoms with Crippen molar-refractivity contribution in [1.29, 1.82) is 0 Å². The Kier molecular flexibility index (Phi) is 20.3. The molecule has 106 heavy (non-hydrogen) atoms. The molecule has 0 atom stereocenters. The Bertz CT molecular complexity index is 5790. The van der Waals surface area contributed by atoms with Gasteiger partial charge in [0.1, 0.15) is 54.1 Å². The highest BCUT2D eigenvalue weighted by Crippen LogP contribution is 2.54. The molecule has 1 N–H and O–H groups in total. The first-order valence-corrected chi connectivity index (χ1v) is 38.8. The van der Waals surface area contributed by atoms with Crippen LogP contribution in [-0.4, -0.2) is 28.3 Å². The normalized spacial score (nSPS) is 14.5. The van der Waals surface area contributed by atoms with Gasteiger partial charge in [-0.3, -0.25) is 0 Å². The lowest BCUT2D eigenvalue weighted by Gasteiger charge is -2.27. The smallest absolute Gasteiger partial charge is 0.166 e. The molecule has 23 heteroatoms. The standard InChI is InChI=1S/C83H75Cl12N7O4/c1-34-22-21-23-35(2)67(34)106-71-59(88)48-43-33-42(47(48)55(84)63(71)92)96-72-49-53(61(90)69(64(93)56(49)85)104-45-28-25-37(79(6,7)8)31-40(45)82(15,16)17)76(98-72)102-77-54-51(58(87)66(95)70(62(54)91)105-46-29-26-38(80(9,10)11)32-41(46)83(18,19)20)74(101-77)100-75-52-50(73(97-43)99-75)57(86)65(94)68(60(52)89)103-44-27-24-36(78(3,4)5)30-39(44)81(12,13)14/h21-32H,33H2,1-20H3,(H,96,97,98,99,100,101,102). The summed E-state index contributed by atoms with van der Waals surface area (Å²) in [4.78, 5) is 35.5. The highest BCUT2D eigenvalue weighted by Gasteiger charge is 2.40. The highest BCUT2D eigenvalue weighted by molar-refractivity contribution is 6.53. The molecule has 4 heterocycles. The number of nitrogens with one attached hydrogen (secondary N) is 1. The fraction of sp³-hybridized carbons (Fsp3) is 0.325. The van der Waals surface area contributed by atoms with Crippen molar-refractivity contribution < 1.29 is 18.9 Å². The van der Waals surface area contributed by atoms with Gasteiger partial charge >= 0.3 is 0 Å². The van der Waals surface area contributed by atoms with Gasteiger partial charge in [0.15, 0.2) is 46.3 Å². The summed E-state index contributed by atoms with van der Waals surface area (Å²) in [5, 5.41) is 0.511. The monoisotopic (exact) mass is 1650 g/mol. The van der Waals surface area contributed by atoms with Crippen molar-refractivity contribution in [3.05, 3.63) is 221 Å². The molecule has 0 saturated carbocycles. The lowest BCUT2D eigenvalue weighted by molar-refractivity contribution is 0.453. The molecule has 1 aromatic heterocycles. The lowest BCUT2D eigenvalue weighted by atomic mass is 9.80. The van der Waals surface area contributed by atoms with Crippen LogP contribution in [0.25, 0.3) is 22.2 Å². The van der Waals surface area contributed by atoms with E-state index in [1.54, 1.807) is 0 Å². The van der Waals surface area contributed by atoms with Crippen molar-refractivity contribution >= 4 is 185 Å². The van der Waals surface area contributed by atoms with E-state index in [9.17, 15) is 0 Å². The number of nitrogens with zero attached hydrogens (tertiary/aromatic N) is 6. The average Bonchev–Trinajstić information content (AvgIpc) is 1.54. The van der Waals surface area contributed by atoms with Gasteiger partial charge in [0.05, 0.1) is 84.6 Å². The summed E-state index contributed by atoms with van der Waals surface area (Å²) in [6.45, 7) is 42.0. The molecule has 4 aliphatic rings. The third-order valence-corrected chi connectivity index (χ3v) is 24.0. The van der Waals surface area contributed by atoms with E-state index in [4.69, 9.17) is 188 Å². The number of hydrogen-bond acceptors (Lipinski definition) is 10. The number of hydrogen-bond donors (Lipinski definition) is 1. The number of fused-ring (bicyclic) bond motifs is 16. The summed E-state index contributed by atoms with van der Waals surface area (Å²) in [5.41, 5.74) is 6.74. The zero-order valence-electron chi connectivity index (χ0n) is 62.0. The molecule has 0 amide bonds. The molecular formula is C83H75Cl12N7O4. The Labute approximate surface area is 677 Å². The second kappa shape index (κ2) is 27.5. The third kappa shape index (κ3) is 13.7. The fourth-order valence-electron chi connectivity index (χ4n) is 13.3. The zero-order valence-corrected chi connectivity index (χ0v) is 71.1. The predicted molar refractivity (Wildman–Crippen MR) is 445 cm³/mol. The van der Waals surface area contributed by atoms with E-state index in [-0.39, 0.29) is 195 Å². The second-order valence-electron chi connectivity index (χ2n) is 33.2. The van der Waals surface area contributed by atoms with E-state index < -0.39 is 16.2 Å². The number of halogens is 12. The van der Waals surface area contributed by atoms with Gasteiger partial charge in [0.25, 0.3) is 0 Å². The van der Waals surface area contributed by atoms with E-state index in [0.717, 1.165) is 44.5 Å². The number of aromatic amines is 1. The van der Waals surface area contributed by atoms with Crippen molar-refractivity contribution in [1.82, 2.24) is 4.98 Å². The maximum atomic E-state index is 7.89. The van der Waals surface area contributed by atoms with Gasteiger partial charge in [0, 0.05) is 33.5 Å². The predicted octanol–water partition coefficient (Wildman–Crippen LogP) is 26.6. The first-order valence-electron chi connectivity index (χ1n) is 34.2. The van der Waals surface area contributed by atoms with Gasteiger partial charge in [-0.1, -0.05) is 318 Å². The first kappa shape index (κ1) is 78.1. The number of amidine groups is 4. The summed E-state index contributed by atoms with van der Waals surface area (Å²) < 4.78 is 27.6. The number of para-hydroxylation sites is 1. The largest absolute Gasteiger partial charge is 0.454 e. The zero-order chi connectivity index (χ0) is 77.4. The van der Waals surface area contributed by atoms with E-state index in [1.165, 1.54) is 0 Å². The van der Waals surface area contributed by atoms with Crippen LogP contribution < -0.4 is 40.4 Å². The van der Waals surface area contributed by atoms with Gasteiger partial charge in [-0.15, -0.1) is 0 Å². The van der Waals surface area contributed by atoms with Gasteiger partial charge < -0.3 is 23.9 Å². The quantitative estimate of drug-likeness (QED) is 0.152. The van der Waals surface area contributed by atoms with Crippen LogP contribution in [0.3, 0.4) is 0 Å². The molecule has 9 aromatic rings.